The predicted octanol–water partition coefficient (Wildman–Crippen LogP) is 3.87. The predicted molar refractivity (Wildman–Crippen MR) is 116 cm³/mol. The Balaban J connectivity index is 1.54. The number of morpholine rings is 1. The zero-order chi connectivity index (χ0) is 20.8. The van der Waals surface area contributed by atoms with E-state index in [1.807, 2.05) is 30.3 Å². The maximum Gasteiger partial charge on any atom is 0.230 e. The van der Waals surface area contributed by atoms with Crippen LogP contribution in [0.3, 0.4) is 0 Å². The van der Waals surface area contributed by atoms with Gasteiger partial charge in [-0.1, -0.05) is 42.5 Å². The minimum atomic E-state index is -0.248. The Labute approximate surface area is 178 Å². The van der Waals surface area contributed by atoms with Gasteiger partial charge in [0.1, 0.15) is 5.82 Å². The highest BCUT2D eigenvalue weighted by atomic mass is 19.1. The summed E-state index contributed by atoms with van der Waals surface area (Å²) in [5.74, 6) is -0.298. The highest BCUT2D eigenvalue weighted by Crippen LogP contribution is 2.28. The average molecular weight is 411 g/mol. The van der Waals surface area contributed by atoms with Crippen molar-refractivity contribution in [2.24, 2.45) is 0 Å². The number of amides is 1. The fraction of sp³-hybridized carbons (Fsp3) is 0.480. The maximum absolute atomic E-state index is 13.8. The van der Waals surface area contributed by atoms with E-state index in [0.717, 1.165) is 63.4 Å². The van der Waals surface area contributed by atoms with Crippen LogP contribution in [0.4, 0.5) is 4.39 Å². The lowest BCUT2D eigenvalue weighted by Gasteiger charge is -2.41. The van der Waals surface area contributed by atoms with Crippen molar-refractivity contribution in [2.45, 2.75) is 37.6 Å². The minimum absolute atomic E-state index is 0.198. The molecule has 5 heteroatoms. The molecule has 160 valence electrons. The molecule has 4 nitrogen and oxygen atoms in total. The number of hydrogen-bond acceptors (Lipinski definition) is 3. The van der Waals surface area contributed by atoms with Gasteiger partial charge in [-0.3, -0.25) is 9.69 Å². The second-order valence-electron chi connectivity index (χ2n) is 8.39. The summed E-state index contributed by atoms with van der Waals surface area (Å²) in [4.78, 5) is 18.4. The summed E-state index contributed by atoms with van der Waals surface area (Å²) >= 11 is 0. The second kappa shape index (κ2) is 10.2. The number of halogens is 1. The number of carbonyl (C=O) groups excluding carboxylic acids is 1. The third-order valence-electron chi connectivity index (χ3n) is 6.34. The van der Waals surface area contributed by atoms with Gasteiger partial charge in [-0.05, 0) is 48.9 Å². The van der Waals surface area contributed by atoms with Gasteiger partial charge in [-0.2, -0.15) is 0 Å². The molecule has 0 N–H and O–H groups in total. The molecule has 2 aromatic rings. The molecular formula is C25H31FN2O2. The van der Waals surface area contributed by atoms with Crippen LogP contribution >= 0.6 is 0 Å². The normalized spacial score (nSPS) is 21.4. The minimum Gasteiger partial charge on any atom is -0.379 e. The Hall–Kier alpha value is -2.24. The number of ether oxygens (including phenoxy) is 1. The van der Waals surface area contributed by atoms with E-state index in [0.29, 0.717) is 6.42 Å². The second-order valence-corrected chi connectivity index (χ2v) is 8.39. The smallest absolute Gasteiger partial charge is 0.230 e. The quantitative estimate of drug-likeness (QED) is 0.725. The van der Waals surface area contributed by atoms with Gasteiger partial charge in [-0.25, -0.2) is 4.39 Å². The third-order valence-corrected chi connectivity index (χ3v) is 6.34. The molecule has 0 bridgehead atoms. The molecule has 2 aliphatic rings. The zero-order valence-electron chi connectivity index (χ0n) is 17.5. The van der Waals surface area contributed by atoms with Crippen LogP contribution < -0.4 is 0 Å². The number of benzene rings is 2. The molecule has 30 heavy (non-hydrogen) atoms. The fourth-order valence-corrected chi connectivity index (χ4v) is 4.65. The molecule has 2 saturated heterocycles. The average Bonchev–Trinajstić information content (AvgIpc) is 2.80. The van der Waals surface area contributed by atoms with Crippen molar-refractivity contribution in [3.63, 3.8) is 0 Å². The first-order chi connectivity index (χ1) is 14.7. The number of likely N-dealkylation sites (tertiary alicyclic amines) is 1. The van der Waals surface area contributed by atoms with Gasteiger partial charge in [0, 0.05) is 32.2 Å². The summed E-state index contributed by atoms with van der Waals surface area (Å²) in [6.45, 7) is 5.18. The zero-order valence-corrected chi connectivity index (χ0v) is 17.5. The van der Waals surface area contributed by atoms with Crippen molar-refractivity contribution in [2.75, 3.05) is 39.4 Å². The Morgan fingerprint density at radius 3 is 2.47 bits per heavy atom. The molecule has 0 aromatic heterocycles. The number of rotatable bonds is 6. The highest BCUT2D eigenvalue weighted by molar-refractivity contribution is 5.84. The number of piperidine rings is 1. The Morgan fingerprint density at radius 1 is 1.00 bits per heavy atom. The van der Waals surface area contributed by atoms with E-state index < -0.39 is 0 Å². The molecule has 0 radical (unpaired) electrons. The summed E-state index contributed by atoms with van der Waals surface area (Å²) in [5, 5.41) is 0. The standard InChI is InChI=1S/C25H31FN2O2/c26-22-11-9-20(10-12-22)18-24(21-6-2-1-3-7-21)25(29)28-13-5-4-8-23(28)19-27-14-16-30-17-15-27/h1-3,6-7,9-12,23-24H,4-5,8,13-19H2/t23-,24-/m0/s1. The Kier molecular flexibility index (Phi) is 7.13. The lowest BCUT2D eigenvalue weighted by Crippen LogP contribution is -2.52. The molecular weight excluding hydrogens is 379 g/mol. The van der Waals surface area contributed by atoms with Crippen molar-refractivity contribution in [3.8, 4) is 0 Å². The van der Waals surface area contributed by atoms with E-state index in [1.165, 1.54) is 18.6 Å². The van der Waals surface area contributed by atoms with Gasteiger partial charge in [0.25, 0.3) is 0 Å². The molecule has 2 heterocycles. The molecule has 0 unspecified atom stereocenters. The summed E-state index contributed by atoms with van der Waals surface area (Å²) in [7, 11) is 0. The van der Waals surface area contributed by atoms with Gasteiger partial charge >= 0.3 is 0 Å². The van der Waals surface area contributed by atoms with Gasteiger partial charge < -0.3 is 9.64 Å². The van der Waals surface area contributed by atoms with Crippen LogP contribution in [0.1, 0.15) is 36.3 Å². The third kappa shape index (κ3) is 5.27. The first-order valence-electron chi connectivity index (χ1n) is 11.1. The highest BCUT2D eigenvalue weighted by Gasteiger charge is 2.33. The van der Waals surface area contributed by atoms with E-state index >= 15 is 0 Å². The monoisotopic (exact) mass is 410 g/mol. The van der Waals surface area contributed by atoms with Gasteiger partial charge in [0.05, 0.1) is 19.1 Å². The van der Waals surface area contributed by atoms with E-state index in [9.17, 15) is 9.18 Å². The van der Waals surface area contributed by atoms with E-state index in [-0.39, 0.29) is 23.7 Å². The molecule has 2 atom stereocenters. The van der Waals surface area contributed by atoms with Crippen LogP contribution in [0.25, 0.3) is 0 Å². The van der Waals surface area contributed by atoms with Crippen LogP contribution in [-0.4, -0.2) is 61.1 Å². The molecule has 4 rings (SSSR count). The van der Waals surface area contributed by atoms with E-state index in [1.54, 1.807) is 12.1 Å². The molecule has 0 spiro atoms. The lowest BCUT2D eigenvalue weighted by molar-refractivity contribution is -0.137. The van der Waals surface area contributed by atoms with Crippen LogP contribution in [0.2, 0.25) is 0 Å². The van der Waals surface area contributed by atoms with Crippen molar-refractivity contribution in [3.05, 3.63) is 71.5 Å². The molecule has 2 aliphatic heterocycles. The fourth-order valence-electron chi connectivity index (χ4n) is 4.65. The van der Waals surface area contributed by atoms with Crippen molar-refractivity contribution >= 4 is 5.91 Å². The van der Waals surface area contributed by atoms with Crippen LogP contribution in [0.5, 0.6) is 0 Å². The molecule has 2 fully saturated rings. The summed E-state index contributed by atoms with van der Waals surface area (Å²) in [6.07, 6.45) is 3.88. The topological polar surface area (TPSA) is 32.8 Å². The van der Waals surface area contributed by atoms with Gasteiger partial charge in [0.15, 0.2) is 0 Å². The Morgan fingerprint density at radius 2 is 1.73 bits per heavy atom. The van der Waals surface area contributed by atoms with Crippen LogP contribution in [-0.2, 0) is 16.0 Å². The van der Waals surface area contributed by atoms with E-state index in [4.69, 9.17) is 4.74 Å². The lowest BCUT2D eigenvalue weighted by atomic mass is 9.89. The molecule has 1 amide bonds. The van der Waals surface area contributed by atoms with Crippen molar-refractivity contribution in [1.29, 1.82) is 0 Å². The van der Waals surface area contributed by atoms with Crippen molar-refractivity contribution < 1.29 is 13.9 Å². The number of hydrogen-bond donors (Lipinski definition) is 0. The maximum atomic E-state index is 13.8. The van der Waals surface area contributed by atoms with Crippen LogP contribution in [0, 0.1) is 5.82 Å². The first-order valence-corrected chi connectivity index (χ1v) is 11.1. The summed E-state index contributed by atoms with van der Waals surface area (Å²) in [6, 6.07) is 16.8. The molecule has 2 aromatic carbocycles. The van der Waals surface area contributed by atoms with Crippen LogP contribution in [0.15, 0.2) is 54.6 Å². The molecule has 0 saturated carbocycles. The number of nitrogens with zero attached hydrogens (tertiary/aromatic N) is 2. The van der Waals surface area contributed by atoms with Gasteiger partial charge in [-0.15, -0.1) is 0 Å². The summed E-state index contributed by atoms with van der Waals surface area (Å²) in [5.41, 5.74) is 2.02. The SMILES string of the molecule is O=C([C@@H](Cc1ccc(F)cc1)c1ccccc1)N1CCCC[C@H]1CN1CCOCC1. The Bertz CT molecular complexity index is 806. The van der Waals surface area contributed by atoms with Gasteiger partial charge in [0.2, 0.25) is 5.91 Å². The first kappa shape index (κ1) is 21.0. The largest absolute Gasteiger partial charge is 0.379 e. The van der Waals surface area contributed by atoms with Crippen molar-refractivity contribution in [1.82, 2.24) is 9.80 Å². The summed E-state index contributed by atoms with van der Waals surface area (Å²) < 4.78 is 18.9. The number of carbonyl (C=O) groups is 1. The molecule has 0 aliphatic carbocycles. The van der Waals surface area contributed by atoms with E-state index in [2.05, 4.69) is 9.80 Å².